The van der Waals surface area contributed by atoms with Gasteiger partial charge >= 0.3 is 39.5 Å². The fourth-order valence-corrected chi connectivity index (χ4v) is 14.3. The Kier molecular flexibility index (Phi) is 72.2. The molecule has 101 heavy (non-hydrogen) atoms. The molecular formula is C82H160O17P2. The lowest BCUT2D eigenvalue weighted by molar-refractivity contribution is -0.161. The zero-order valence-electron chi connectivity index (χ0n) is 66.2. The number of carbonyl (C=O) groups is 4. The molecule has 17 nitrogen and oxygen atoms in total. The summed E-state index contributed by atoms with van der Waals surface area (Å²) in [5.41, 5.74) is 0. The topological polar surface area (TPSA) is 237 Å². The van der Waals surface area contributed by atoms with Gasteiger partial charge in [-0.25, -0.2) is 9.13 Å². The summed E-state index contributed by atoms with van der Waals surface area (Å²) in [4.78, 5) is 73.1. The lowest BCUT2D eigenvalue weighted by Crippen LogP contribution is -2.30. The molecule has 0 spiro atoms. The minimum atomic E-state index is -4.96. The van der Waals surface area contributed by atoms with E-state index in [4.69, 9.17) is 37.0 Å². The number of phosphoric ester groups is 2. The highest BCUT2D eigenvalue weighted by Crippen LogP contribution is 2.45. The maximum absolute atomic E-state index is 13.1. The van der Waals surface area contributed by atoms with Crippen LogP contribution in [-0.4, -0.2) is 96.7 Å². The number of phosphoric acid groups is 2. The number of rotatable bonds is 81. The zero-order valence-corrected chi connectivity index (χ0v) is 68.0. The van der Waals surface area contributed by atoms with Crippen molar-refractivity contribution in [3.63, 3.8) is 0 Å². The van der Waals surface area contributed by atoms with Crippen LogP contribution in [0.25, 0.3) is 0 Å². The minimum Gasteiger partial charge on any atom is -0.462 e. The van der Waals surface area contributed by atoms with Crippen molar-refractivity contribution in [2.75, 3.05) is 39.6 Å². The van der Waals surface area contributed by atoms with Gasteiger partial charge in [-0.3, -0.25) is 37.3 Å². The van der Waals surface area contributed by atoms with Gasteiger partial charge in [-0.15, -0.1) is 0 Å². The smallest absolute Gasteiger partial charge is 0.462 e. The third kappa shape index (κ3) is 74.7. The van der Waals surface area contributed by atoms with E-state index in [1.165, 1.54) is 250 Å². The molecule has 3 unspecified atom stereocenters. The molecular weight excluding hydrogens is 1320 g/mol. The number of hydrogen-bond acceptors (Lipinski definition) is 15. The average Bonchev–Trinajstić information content (AvgIpc) is 1.93. The molecule has 3 N–H and O–H groups in total. The Balaban J connectivity index is 5.26. The van der Waals surface area contributed by atoms with Gasteiger partial charge in [0, 0.05) is 25.7 Å². The summed E-state index contributed by atoms with van der Waals surface area (Å²) in [6.45, 7) is 9.69. The van der Waals surface area contributed by atoms with Gasteiger partial charge in [0.05, 0.1) is 26.4 Å². The first-order valence-corrected chi connectivity index (χ1v) is 45.5. The Morgan fingerprint density at radius 3 is 0.752 bits per heavy atom. The van der Waals surface area contributed by atoms with E-state index in [9.17, 15) is 43.2 Å². The molecule has 0 heterocycles. The standard InChI is InChI=1S/C82H160O17P2/c1-7-10-12-14-16-18-20-22-23-24-25-26-27-29-35-42-48-54-60-66-81(86)98-77(70-93-80(85)65-59-53-47-41-34-31-30-32-38-44-50-56-62-74(4)5)72-96-100(88,89)94-68-76(83)69-95-101(90,91)97-73-78(71-92-79(84)64-58-52-46-40-33-28-21-19-17-15-13-11-8-2)99-82(87)67-61-55-49-43-37-36-39-45-51-57-63-75(6)9-3/h74-78,83H,7-73H2,1-6H3,(H,88,89)(H,90,91)/t75?,76-,77-,78-/m1/s1. The molecule has 0 aromatic heterocycles. The van der Waals surface area contributed by atoms with Gasteiger partial charge in [-0.05, 0) is 37.5 Å². The number of aliphatic hydroxyl groups excluding tert-OH is 1. The molecule has 0 aromatic carbocycles. The lowest BCUT2D eigenvalue weighted by atomic mass is 9.99. The van der Waals surface area contributed by atoms with Crippen LogP contribution in [0.2, 0.25) is 0 Å². The van der Waals surface area contributed by atoms with Crippen LogP contribution in [-0.2, 0) is 65.4 Å². The van der Waals surface area contributed by atoms with E-state index < -0.39 is 97.5 Å². The fourth-order valence-electron chi connectivity index (χ4n) is 12.7. The van der Waals surface area contributed by atoms with Gasteiger partial charge in [-0.1, -0.05) is 382 Å². The summed E-state index contributed by atoms with van der Waals surface area (Å²) in [5.74, 6) is -0.521. The molecule has 0 amide bonds. The van der Waals surface area contributed by atoms with Gasteiger partial charge in [-0.2, -0.15) is 0 Å². The molecule has 0 saturated heterocycles. The Hall–Kier alpha value is -1.94. The summed E-state index contributed by atoms with van der Waals surface area (Å²) >= 11 is 0. The van der Waals surface area contributed by atoms with E-state index in [0.717, 1.165) is 102 Å². The first kappa shape index (κ1) is 99.1. The molecule has 600 valence electrons. The number of ether oxygens (including phenoxy) is 4. The Bertz CT molecular complexity index is 1940. The SMILES string of the molecule is CCCCCCCCCCCCCCCCCCCCCC(=O)O[C@H](COC(=O)CCCCCCCCCCCCCCC(C)C)COP(=O)(O)OC[C@@H](O)COP(=O)(O)OC[C@@H](COC(=O)CCCCCCCCCCCCCCC)OC(=O)CCCCCCCCCCCCC(C)CC. The fraction of sp³-hybridized carbons (Fsp3) is 0.951. The number of esters is 4. The van der Waals surface area contributed by atoms with E-state index in [1.54, 1.807) is 0 Å². The van der Waals surface area contributed by atoms with Crippen molar-refractivity contribution in [2.24, 2.45) is 11.8 Å². The third-order valence-corrected chi connectivity index (χ3v) is 21.5. The Morgan fingerprint density at radius 1 is 0.287 bits per heavy atom. The largest absolute Gasteiger partial charge is 0.472 e. The second kappa shape index (κ2) is 73.6. The van der Waals surface area contributed by atoms with Crippen molar-refractivity contribution in [3.8, 4) is 0 Å². The molecule has 0 saturated carbocycles. The molecule has 6 atom stereocenters. The molecule has 0 fully saturated rings. The van der Waals surface area contributed by atoms with Crippen LogP contribution in [0.3, 0.4) is 0 Å². The van der Waals surface area contributed by atoms with Gasteiger partial charge in [0.2, 0.25) is 0 Å². The van der Waals surface area contributed by atoms with Gasteiger partial charge in [0.15, 0.2) is 12.2 Å². The zero-order chi connectivity index (χ0) is 74.2. The summed E-state index contributed by atoms with van der Waals surface area (Å²) in [6.07, 6.45) is 63.6. The van der Waals surface area contributed by atoms with Crippen molar-refractivity contribution in [1.82, 2.24) is 0 Å². The van der Waals surface area contributed by atoms with Gasteiger partial charge < -0.3 is 33.8 Å². The quantitative estimate of drug-likeness (QED) is 0.0222. The number of unbranched alkanes of at least 4 members (excludes halogenated alkanes) is 50. The highest BCUT2D eigenvalue weighted by molar-refractivity contribution is 7.47. The second-order valence-corrected chi connectivity index (χ2v) is 33.1. The number of carbonyl (C=O) groups excluding carboxylic acids is 4. The van der Waals surface area contributed by atoms with Crippen LogP contribution >= 0.6 is 15.6 Å². The Morgan fingerprint density at radius 2 is 0.505 bits per heavy atom. The summed E-state index contributed by atoms with van der Waals surface area (Å²) < 4.78 is 68.8. The molecule has 0 aliphatic carbocycles. The summed E-state index contributed by atoms with van der Waals surface area (Å²) in [5, 5.41) is 10.7. The van der Waals surface area contributed by atoms with Crippen molar-refractivity contribution in [1.29, 1.82) is 0 Å². The van der Waals surface area contributed by atoms with Crippen LogP contribution < -0.4 is 0 Å². The van der Waals surface area contributed by atoms with Gasteiger partial charge in [0.25, 0.3) is 0 Å². The lowest BCUT2D eigenvalue weighted by Gasteiger charge is -2.21. The molecule has 0 rings (SSSR count). The average molecular weight is 1480 g/mol. The Labute approximate surface area is 619 Å². The predicted molar refractivity (Wildman–Crippen MR) is 414 cm³/mol. The van der Waals surface area contributed by atoms with E-state index in [-0.39, 0.29) is 25.7 Å². The van der Waals surface area contributed by atoms with E-state index in [2.05, 4.69) is 41.5 Å². The predicted octanol–water partition coefficient (Wildman–Crippen LogP) is 24.7. The van der Waals surface area contributed by atoms with Crippen molar-refractivity contribution in [2.45, 2.75) is 452 Å². The van der Waals surface area contributed by atoms with E-state index in [1.807, 2.05) is 0 Å². The van der Waals surface area contributed by atoms with E-state index in [0.29, 0.717) is 25.7 Å². The summed E-state index contributed by atoms with van der Waals surface area (Å²) in [7, 11) is -9.92. The van der Waals surface area contributed by atoms with E-state index >= 15 is 0 Å². The number of hydrogen-bond donors (Lipinski definition) is 3. The summed E-state index contributed by atoms with van der Waals surface area (Å²) in [6, 6.07) is 0. The monoisotopic (exact) mass is 1480 g/mol. The third-order valence-electron chi connectivity index (χ3n) is 19.6. The van der Waals surface area contributed by atoms with Crippen LogP contribution in [0, 0.1) is 11.8 Å². The molecule has 0 bridgehead atoms. The van der Waals surface area contributed by atoms with Crippen LogP contribution in [0.4, 0.5) is 0 Å². The van der Waals surface area contributed by atoms with Crippen LogP contribution in [0.1, 0.15) is 433 Å². The molecule has 0 aromatic rings. The van der Waals surface area contributed by atoms with Crippen molar-refractivity contribution >= 4 is 39.5 Å². The van der Waals surface area contributed by atoms with Crippen LogP contribution in [0.15, 0.2) is 0 Å². The first-order valence-electron chi connectivity index (χ1n) is 42.5. The normalized spacial score (nSPS) is 14.2. The maximum Gasteiger partial charge on any atom is 0.472 e. The van der Waals surface area contributed by atoms with Crippen LogP contribution in [0.5, 0.6) is 0 Å². The first-order chi connectivity index (χ1) is 48.9. The molecule has 0 aliphatic heterocycles. The highest BCUT2D eigenvalue weighted by atomic mass is 31.2. The number of aliphatic hydroxyl groups is 1. The van der Waals surface area contributed by atoms with Crippen molar-refractivity contribution < 1.29 is 80.2 Å². The molecule has 19 heteroatoms. The maximum atomic E-state index is 13.1. The van der Waals surface area contributed by atoms with Gasteiger partial charge in [0.1, 0.15) is 19.3 Å². The van der Waals surface area contributed by atoms with Crippen molar-refractivity contribution in [3.05, 3.63) is 0 Å². The second-order valence-electron chi connectivity index (χ2n) is 30.2. The minimum absolute atomic E-state index is 0.107. The molecule has 0 aliphatic rings. The highest BCUT2D eigenvalue weighted by Gasteiger charge is 2.30. The molecule has 0 radical (unpaired) electrons.